The van der Waals surface area contributed by atoms with Crippen LogP contribution < -0.4 is 4.90 Å². The SMILES string of the molecule is CN(c1cnc(-c2ccc(-c3nnc(C#N)s3)cc2O)nn1)[C@H]1C[C@]2(C)CCC[C@@](C)(C2)[C@H]1F. The summed E-state index contributed by atoms with van der Waals surface area (Å²) in [5, 5.41) is 36.6. The molecule has 1 aromatic carbocycles. The number of anilines is 1. The molecule has 0 radical (unpaired) electrons. The van der Waals surface area contributed by atoms with Gasteiger partial charge < -0.3 is 10.0 Å². The van der Waals surface area contributed by atoms with Gasteiger partial charge in [0.2, 0.25) is 5.01 Å². The van der Waals surface area contributed by atoms with E-state index in [0.29, 0.717) is 22.0 Å². The number of aromatic hydroxyl groups is 1. The summed E-state index contributed by atoms with van der Waals surface area (Å²) >= 11 is 1.15. The molecule has 2 aliphatic rings. The number of hydrogen-bond acceptors (Lipinski definition) is 9. The standard InChI is InChI=1S/C24H26FN7OS/c1-23-7-4-8-24(2,13-23)20(25)16(10-23)32(3)18-12-27-21(30-28-18)15-6-5-14(9-17(15)33)22-31-29-19(11-26)34-22/h5-6,9,12,16,20,33H,4,7-8,10,13H2,1-3H3/t16-,20-,23-,24-/m0/s1. The number of hydrogen-bond donors (Lipinski definition) is 1. The third-order valence-corrected chi connectivity index (χ3v) is 8.36. The Morgan fingerprint density at radius 2 is 2.03 bits per heavy atom. The number of aromatic nitrogens is 5. The van der Waals surface area contributed by atoms with Gasteiger partial charge in [-0.1, -0.05) is 37.7 Å². The summed E-state index contributed by atoms with van der Waals surface area (Å²) in [5.41, 5.74) is 0.901. The van der Waals surface area contributed by atoms with Crippen molar-refractivity contribution in [2.24, 2.45) is 10.8 Å². The van der Waals surface area contributed by atoms with Crippen molar-refractivity contribution in [1.82, 2.24) is 25.4 Å². The zero-order valence-corrected chi connectivity index (χ0v) is 20.2. The molecule has 2 fully saturated rings. The normalized spacial score (nSPS) is 28.3. The lowest BCUT2D eigenvalue weighted by Gasteiger charge is -2.55. The molecule has 34 heavy (non-hydrogen) atoms. The van der Waals surface area contributed by atoms with Crippen LogP contribution in [0, 0.1) is 22.2 Å². The van der Waals surface area contributed by atoms with E-state index in [-0.39, 0.29) is 33.5 Å². The molecule has 10 heteroatoms. The average Bonchev–Trinajstić information content (AvgIpc) is 3.30. The Morgan fingerprint density at radius 1 is 1.21 bits per heavy atom. The molecule has 0 aliphatic heterocycles. The number of phenols is 1. The van der Waals surface area contributed by atoms with Crippen molar-refractivity contribution in [3.63, 3.8) is 0 Å². The van der Waals surface area contributed by atoms with Crippen LogP contribution in [0.3, 0.4) is 0 Å². The zero-order valence-electron chi connectivity index (χ0n) is 19.4. The number of halogens is 1. The van der Waals surface area contributed by atoms with E-state index in [4.69, 9.17) is 5.26 Å². The van der Waals surface area contributed by atoms with Crippen molar-refractivity contribution in [2.75, 3.05) is 11.9 Å². The van der Waals surface area contributed by atoms with Crippen molar-refractivity contribution >= 4 is 17.2 Å². The van der Waals surface area contributed by atoms with Crippen molar-refractivity contribution in [3.05, 3.63) is 29.4 Å². The molecule has 4 atom stereocenters. The molecule has 0 amide bonds. The number of phenolic OH excluding ortho intramolecular Hbond substituents is 1. The van der Waals surface area contributed by atoms with Gasteiger partial charge in [-0.25, -0.2) is 9.37 Å². The summed E-state index contributed by atoms with van der Waals surface area (Å²) in [7, 11) is 1.86. The van der Waals surface area contributed by atoms with Crippen molar-refractivity contribution < 1.29 is 9.50 Å². The molecule has 2 bridgehead atoms. The predicted octanol–water partition coefficient (Wildman–Crippen LogP) is 4.77. The van der Waals surface area contributed by atoms with E-state index >= 15 is 4.39 Å². The first-order valence-electron chi connectivity index (χ1n) is 11.4. The maximum absolute atomic E-state index is 15.6. The molecule has 2 heterocycles. The maximum atomic E-state index is 15.6. The monoisotopic (exact) mass is 479 g/mol. The van der Waals surface area contributed by atoms with Gasteiger partial charge in [0, 0.05) is 18.0 Å². The van der Waals surface area contributed by atoms with Crippen molar-refractivity contribution in [2.45, 2.75) is 58.2 Å². The van der Waals surface area contributed by atoms with Crippen LogP contribution in [0.1, 0.15) is 51.0 Å². The highest BCUT2D eigenvalue weighted by atomic mass is 32.1. The Bertz CT molecular complexity index is 1260. The fourth-order valence-corrected chi connectivity index (χ4v) is 6.49. The fraction of sp³-hybridized carbons (Fsp3) is 0.500. The highest BCUT2D eigenvalue weighted by Crippen LogP contribution is 2.57. The number of alkyl halides is 1. The summed E-state index contributed by atoms with van der Waals surface area (Å²) in [4.78, 5) is 6.29. The van der Waals surface area contributed by atoms with Crippen LogP contribution in [0.5, 0.6) is 5.75 Å². The molecule has 1 N–H and O–H groups in total. The lowest BCUT2D eigenvalue weighted by molar-refractivity contribution is -0.0540. The molecule has 8 nitrogen and oxygen atoms in total. The van der Waals surface area contributed by atoms with Crippen LogP contribution >= 0.6 is 11.3 Å². The summed E-state index contributed by atoms with van der Waals surface area (Å²) in [6.45, 7) is 4.36. The number of benzene rings is 1. The van der Waals surface area contributed by atoms with E-state index < -0.39 is 6.17 Å². The molecule has 0 saturated heterocycles. The molecule has 2 saturated carbocycles. The smallest absolute Gasteiger partial charge is 0.218 e. The molecule has 3 aromatic rings. The zero-order chi connectivity index (χ0) is 24.1. The van der Waals surface area contributed by atoms with E-state index in [1.165, 1.54) is 6.07 Å². The van der Waals surface area contributed by atoms with Crippen LogP contribution in [-0.2, 0) is 0 Å². The minimum Gasteiger partial charge on any atom is -0.507 e. The molecule has 2 aromatic heterocycles. The largest absolute Gasteiger partial charge is 0.507 e. The lowest BCUT2D eigenvalue weighted by Crippen LogP contribution is -2.57. The molecule has 2 aliphatic carbocycles. The van der Waals surface area contributed by atoms with E-state index in [0.717, 1.165) is 43.4 Å². The number of rotatable bonds is 4. The maximum Gasteiger partial charge on any atom is 0.218 e. The molecule has 176 valence electrons. The number of nitriles is 1. The minimum absolute atomic E-state index is 0.0288. The van der Waals surface area contributed by atoms with Gasteiger partial charge in [0.1, 0.15) is 23.0 Å². The van der Waals surface area contributed by atoms with Gasteiger partial charge in [-0.2, -0.15) is 5.26 Å². The Hall–Kier alpha value is -3.19. The summed E-state index contributed by atoms with van der Waals surface area (Å²) in [6, 6.07) is 6.66. The van der Waals surface area contributed by atoms with Crippen LogP contribution in [0.25, 0.3) is 22.0 Å². The second-order valence-corrected chi connectivity index (χ2v) is 11.2. The average molecular weight is 480 g/mol. The fourth-order valence-electron chi connectivity index (χ4n) is 5.85. The van der Waals surface area contributed by atoms with Crippen molar-refractivity contribution in [3.8, 4) is 33.8 Å². The van der Waals surface area contributed by atoms with E-state index in [1.54, 1.807) is 18.3 Å². The molecule has 0 spiro atoms. The van der Waals surface area contributed by atoms with Gasteiger partial charge in [-0.05, 0) is 43.2 Å². The third kappa shape index (κ3) is 3.88. The first-order valence-corrected chi connectivity index (χ1v) is 12.2. The summed E-state index contributed by atoms with van der Waals surface area (Å²) in [5.74, 6) is 0.754. The van der Waals surface area contributed by atoms with E-state index in [2.05, 4.69) is 39.2 Å². The van der Waals surface area contributed by atoms with Gasteiger partial charge in [-0.3, -0.25) is 0 Å². The van der Waals surface area contributed by atoms with Gasteiger partial charge in [0.15, 0.2) is 11.6 Å². The first kappa shape index (κ1) is 22.6. The van der Waals surface area contributed by atoms with E-state index in [1.807, 2.05) is 18.0 Å². The second-order valence-electron chi connectivity index (χ2n) is 10.2. The van der Waals surface area contributed by atoms with Crippen molar-refractivity contribution in [1.29, 1.82) is 5.26 Å². The lowest BCUT2D eigenvalue weighted by atomic mass is 9.54. The van der Waals surface area contributed by atoms with E-state index in [9.17, 15) is 5.11 Å². The predicted molar refractivity (Wildman–Crippen MR) is 127 cm³/mol. The third-order valence-electron chi connectivity index (χ3n) is 7.48. The minimum atomic E-state index is -0.939. The Morgan fingerprint density at radius 3 is 2.71 bits per heavy atom. The Kier molecular flexibility index (Phi) is 5.47. The number of nitrogens with zero attached hydrogens (tertiary/aromatic N) is 7. The highest BCUT2D eigenvalue weighted by Gasteiger charge is 2.54. The van der Waals surface area contributed by atoms with Crippen LogP contribution in [-0.4, -0.2) is 49.7 Å². The van der Waals surface area contributed by atoms with Gasteiger partial charge >= 0.3 is 0 Å². The van der Waals surface area contributed by atoms with Gasteiger partial charge in [0.25, 0.3) is 0 Å². The molecular formula is C24H26FN7OS. The number of fused-ring (bicyclic) bond motifs is 2. The molecule has 0 unspecified atom stereocenters. The van der Waals surface area contributed by atoms with Gasteiger partial charge in [-0.15, -0.1) is 20.4 Å². The highest BCUT2D eigenvalue weighted by molar-refractivity contribution is 7.15. The topological polar surface area (TPSA) is 112 Å². The van der Waals surface area contributed by atoms with Crippen LogP contribution in [0.2, 0.25) is 0 Å². The van der Waals surface area contributed by atoms with Gasteiger partial charge in [0.05, 0.1) is 17.8 Å². The molecule has 5 rings (SSSR count). The van der Waals surface area contributed by atoms with Crippen LogP contribution in [0.4, 0.5) is 10.2 Å². The Balaban J connectivity index is 1.37. The Labute approximate surface area is 201 Å². The summed E-state index contributed by atoms with van der Waals surface area (Å²) < 4.78 is 15.6. The molecular weight excluding hydrogens is 453 g/mol. The second kappa shape index (κ2) is 8.24. The van der Waals surface area contributed by atoms with Crippen LogP contribution in [0.15, 0.2) is 24.4 Å². The summed E-state index contributed by atoms with van der Waals surface area (Å²) in [6.07, 6.45) is 5.49. The quantitative estimate of drug-likeness (QED) is 0.570. The first-order chi connectivity index (χ1) is 16.2.